The van der Waals surface area contributed by atoms with Gasteiger partial charge in [0.15, 0.2) is 0 Å². The van der Waals surface area contributed by atoms with Crippen molar-refractivity contribution in [1.29, 1.82) is 0 Å². The highest BCUT2D eigenvalue weighted by atomic mass is 32.2. The van der Waals surface area contributed by atoms with E-state index in [2.05, 4.69) is 0 Å². The number of benzene rings is 1. The quantitative estimate of drug-likeness (QED) is 0.699. The van der Waals surface area contributed by atoms with Crippen LogP contribution in [0.4, 0.5) is 5.69 Å². The fourth-order valence-corrected chi connectivity index (χ4v) is 3.27. The van der Waals surface area contributed by atoms with Crippen LogP contribution in [-0.2, 0) is 14.8 Å². The van der Waals surface area contributed by atoms with Gasteiger partial charge in [0.2, 0.25) is 15.9 Å². The SMILES string of the molecule is NS(=O)(=O)CC1CC(=O)N(c2ccc(O)cc2C(=O)O)C1. The molecule has 1 heterocycles. The number of phenols is 1. The summed E-state index contributed by atoms with van der Waals surface area (Å²) in [5.74, 6) is -2.72. The number of anilines is 1. The molecule has 0 radical (unpaired) electrons. The van der Waals surface area contributed by atoms with Gasteiger partial charge in [0, 0.05) is 18.9 Å². The van der Waals surface area contributed by atoms with Gasteiger partial charge in [0.1, 0.15) is 5.75 Å². The second-order valence-corrected chi connectivity index (χ2v) is 6.57. The Kier molecular flexibility index (Phi) is 3.88. The molecule has 1 unspecified atom stereocenters. The van der Waals surface area contributed by atoms with Crippen LogP contribution in [0.25, 0.3) is 0 Å². The monoisotopic (exact) mass is 314 g/mol. The fourth-order valence-electron chi connectivity index (χ4n) is 2.39. The number of aromatic carboxylic acids is 1. The molecule has 1 amide bonds. The van der Waals surface area contributed by atoms with Crippen molar-refractivity contribution in [2.45, 2.75) is 6.42 Å². The largest absolute Gasteiger partial charge is 0.508 e. The van der Waals surface area contributed by atoms with Crippen LogP contribution in [0.5, 0.6) is 5.75 Å². The number of rotatable bonds is 4. The van der Waals surface area contributed by atoms with E-state index in [1.54, 1.807) is 0 Å². The molecule has 1 aliphatic heterocycles. The van der Waals surface area contributed by atoms with Gasteiger partial charge in [-0.15, -0.1) is 0 Å². The van der Waals surface area contributed by atoms with E-state index in [4.69, 9.17) is 10.2 Å². The first-order valence-electron chi connectivity index (χ1n) is 6.04. The Balaban J connectivity index is 2.31. The number of phenolic OH excluding ortho intramolecular Hbond substituents is 1. The number of carbonyl (C=O) groups is 2. The highest BCUT2D eigenvalue weighted by Gasteiger charge is 2.34. The number of amides is 1. The Bertz CT molecular complexity index is 700. The van der Waals surface area contributed by atoms with Gasteiger partial charge >= 0.3 is 5.97 Å². The predicted molar refractivity (Wildman–Crippen MR) is 73.5 cm³/mol. The van der Waals surface area contributed by atoms with Crippen LogP contribution >= 0.6 is 0 Å². The number of nitrogens with zero attached hydrogens (tertiary/aromatic N) is 1. The summed E-state index contributed by atoms with van der Waals surface area (Å²) in [6.07, 6.45) is -0.0175. The molecule has 1 atom stereocenters. The summed E-state index contributed by atoms with van der Waals surface area (Å²) in [5.41, 5.74) is -0.0955. The third kappa shape index (κ3) is 3.50. The van der Waals surface area contributed by atoms with E-state index < -0.39 is 21.9 Å². The summed E-state index contributed by atoms with van der Waals surface area (Å²) in [7, 11) is -3.70. The van der Waals surface area contributed by atoms with Crippen LogP contribution in [0.1, 0.15) is 16.8 Å². The van der Waals surface area contributed by atoms with Crippen molar-refractivity contribution in [3.63, 3.8) is 0 Å². The Morgan fingerprint density at radius 3 is 2.67 bits per heavy atom. The van der Waals surface area contributed by atoms with Crippen molar-refractivity contribution >= 4 is 27.6 Å². The maximum Gasteiger partial charge on any atom is 0.337 e. The van der Waals surface area contributed by atoms with Crippen LogP contribution in [0.3, 0.4) is 0 Å². The number of carbonyl (C=O) groups excluding carboxylic acids is 1. The zero-order valence-corrected chi connectivity index (χ0v) is 11.7. The van der Waals surface area contributed by atoms with Crippen molar-refractivity contribution in [3.05, 3.63) is 23.8 Å². The first kappa shape index (κ1) is 15.3. The number of primary sulfonamides is 1. The molecular formula is C12H14N2O6S. The van der Waals surface area contributed by atoms with Gasteiger partial charge in [0.25, 0.3) is 0 Å². The summed E-state index contributed by atoms with van der Waals surface area (Å²) in [6, 6.07) is 3.62. The molecule has 1 aromatic carbocycles. The summed E-state index contributed by atoms with van der Waals surface area (Å²) < 4.78 is 22.2. The molecule has 0 aromatic heterocycles. The lowest BCUT2D eigenvalue weighted by atomic mass is 10.1. The molecular weight excluding hydrogens is 300 g/mol. The molecule has 1 saturated heterocycles. The molecule has 9 heteroatoms. The van der Waals surface area contributed by atoms with Gasteiger partial charge in [-0.3, -0.25) is 4.79 Å². The van der Waals surface area contributed by atoms with E-state index in [0.29, 0.717) is 0 Å². The lowest BCUT2D eigenvalue weighted by molar-refractivity contribution is -0.117. The molecule has 2 rings (SSSR count). The average molecular weight is 314 g/mol. The smallest absolute Gasteiger partial charge is 0.337 e. The Hall–Kier alpha value is -2.13. The lowest BCUT2D eigenvalue weighted by Crippen LogP contribution is -2.28. The number of nitrogens with two attached hydrogens (primary N) is 1. The van der Waals surface area contributed by atoms with E-state index in [0.717, 1.165) is 6.07 Å². The Morgan fingerprint density at radius 2 is 2.10 bits per heavy atom. The van der Waals surface area contributed by atoms with Gasteiger partial charge in [-0.05, 0) is 18.2 Å². The van der Waals surface area contributed by atoms with Crippen LogP contribution < -0.4 is 10.0 Å². The number of carboxylic acid groups (broad SMARTS) is 1. The van der Waals surface area contributed by atoms with Crippen molar-refractivity contribution in [1.82, 2.24) is 0 Å². The summed E-state index contributed by atoms with van der Waals surface area (Å²) in [6.45, 7) is 0.0698. The number of hydrogen-bond acceptors (Lipinski definition) is 5. The standard InChI is InChI=1S/C12H14N2O6S/c13-21(19,20)6-7-3-11(16)14(5-7)10-2-1-8(15)4-9(10)12(17)18/h1-2,4,7,15H,3,5-6H2,(H,17,18)(H2,13,19,20). The number of hydrogen-bond donors (Lipinski definition) is 3. The number of carboxylic acids is 1. The average Bonchev–Trinajstić information content (AvgIpc) is 2.67. The lowest BCUT2D eigenvalue weighted by Gasteiger charge is -2.19. The Morgan fingerprint density at radius 1 is 1.43 bits per heavy atom. The van der Waals surface area contributed by atoms with E-state index in [1.807, 2.05) is 0 Å². The van der Waals surface area contributed by atoms with Crippen molar-refractivity contribution in [2.75, 3.05) is 17.2 Å². The number of aromatic hydroxyl groups is 1. The van der Waals surface area contributed by atoms with Crippen LogP contribution in [-0.4, -0.2) is 42.8 Å². The number of sulfonamides is 1. The highest BCUT2D eigenvalue weighted by molar-refractivity contribution is 7.89. The van der Waals surface area contributed by atoms with Crippen LogP contribution in [0.2, 0.25) is 0 Å². The predicted octanol–water partition coefficient (Wildman–Crippen LogP) is -0.268. The molecule has 114 valence electrons. The van der Waals surface area contributed by atoms with Gasteiger partial charge in [-0.1, -0.05) is 0 Å². The van der Waals surface area contributed by atoms with Gasteiger partial charge in [-0.25, -0.2) is 18.4 Å². The molecule has 0 saturated carbocycles. The zero-order valence-electron chi connectivity index (χ0n) is 10.9. The molecule has 1 aliphatic rings. The maximum atomic E-state index is 12.0. The fraction of sp³-hybridized carbons (Fsp3) is 0.333. The molecule has 4 N–H and O–H groups in total. The van der Waals surface area contributed by atoms with E-state index in [-0.39, 0.29) is 41.6 Å². The first-order valence-corrected chi connectivity index (χ1v) is 7.76. The van der Waals surface area contributed by atoms with Crippen LogP contribution in [0.15, 0.2) is 18.2 Å². The zero-order chi connectivity index (χ0) is 15.8. The van der Waals surface area contributed by atoms with Crippen molar-refractivity contribution in [2.24, 2.45) is 11.1 Å². The van der Waals surface area contributed by atoms with E-state index in [1.165, 1.54) is 17.0 Å². The van der Waals surface area contributed by atoms with E-state index >= 15 is 0 Å². The van der Waals surface area contributed by atoms with Crippen molar-refractivity contribution in [3.8, 4) is 5.75 Å². The van der Waals surface area contributed by atoms with Gasteiger partial charge in [0.05, 0.1) is 17.0 Å². The second kappa shape index (κ2) is 5.34. The summed E-state index contributed by atoms with van der Waals surface area (Å²) >= 11 is 0. The normalized spacial score (nSPS) is 19.0. The first-order chi connectivity index (χ1) is 9.67. The third-order valence-corrected chi connectivity index (χ3v) is 4.11. The minimum atomic E-state index is -3.70. The van der Waals surface area contributed by atoms with Gasteiger partial charge in [-0.2, -0.15) is 0 Å². The molecule has 0 bridgehead atoms. The maximum absolute atomic E-state index is 12.0. The summed E-state index contributed by atoms with van der Waals surface area (Å²) in [5, 5.41) is 23.4. The minimum absolute atomic E-state index is 0.0175. The Labute approximate surface area is 120 Å². The highest BCUT2D eigenvalue weighted by Crippen LogP contribution is 2.30. The third-order valence-electron chi connectivity index (χ3n) is 3.17. The van der Waals surface area contributed by atoms with Crippen molar-refractivity contribution < 1.29 is 28.2 Å². The van der Waals surface area contributed by atoms with E-state index in [9.17, 15) is 23.1 Å². The molecule has 8 nitrogen and oxygen atoms in total. The molecule has 1 aromatic rings. The molecule has 0 aliphatic carbocycles. The second-order valence-electron chi connectivity index (χ2n) is 4.91. The minimum Gasteiger partial charge on any atom is -0.508 e. The molecule has 1 fully saturated rings. The molecule has 0 spiro atoms. The summed E-state index contributed by atoms with van der Waals surface area (Å²) in [4.78, 5) is 24.4. The topological polar surface area (TPSA) is 138 Å². The van der Waals surface area contributed by atoms with Gasteiger partial charge < -0.3 is 15.1 Å². The molecule has 21 heavy (non-hydrogen) atoms. The van der Waals surface area contributed by atoms with Crippen LogP contribution in [0, 0.1) is 5.92 Å².